The molecule has 0 fully saturated rings. The molecule has 0 saturated heterocycles. The second-order valence-electron chi connectivity index (χ2n) is 3.50. The Kier molecular flexibility index (Phi) is 3.76. The van der Waals surface area contributed by atoms with E-state index in [0.29, 0.717) is 22.0 Å². The SMILES string of the molecule is COc1cc(OC)c(-c2cnc(Br)[nH]2)cc1OC. The number of hydrogen-bond donors (Lipinski definition) is 1. The van der Waals surface area contributed by atoms with Crippen LogP contribution in [0.15, 0.2) is 23.1 Å². The minimum Gasteiger partial charge on any atom is -0.496 e. The third-order valence-corrected chi connectivity index (χ3v) is 2.94. The highest BCUT2D eigenvalue weighted by Gasteiger charge is 2.14. The van der Waals surface area contributed by atoms with E-state index in [0.717, 1.165) is 11.3 Å². The van der Waals surface area contributed by atoms with E-state index in [1.165, 1.54) is 0 Å². The molecule has 0 saturated carbocycles. The van der Waals surface area contributed by atoms with Crippen LogP contribution in [0.2, 0.25) is 0 Å². The fourth-order valence-corrected chi connectivity index (χ4v) is 1.99. The molecule has 0 bridgehead atoms. The number of H-pyrrole nitrogens is 1. The van der Waals surface area contributed by atoms with Gasteiger partial charge in [0.2, 0.25) is 0 Å². The zero-order valence-electron chi connectivity index (χ0n) is 10.3. The molecule has 6 heteroatoms. The first-order valence-corrected chi connectivity index (χ1v) is 5.99. The summed E-state index contributed by atoms with van der Waals surface area (Å²) in [7, 11) is 4.79. The van der Waals surface area contributed by atoms with Crippen LogP contribution in [0.4, 0.5) is 0 Å². The summed E-state index contributed by atoms with van der Waals surface area (Å²) in [5, 5.41) is 0. The van der Waals surface area contributed by atoms with Crippen molar-refractivity contribution in [2.24, 2.45) is 0 Å². The second-order valence-corrected chi connectivity index (χ2v) is 4.25. The third-order valence-electron chi connectivity index (χ3n) is 2.54. The molecular weight excluding hydrogens is 300 g/mol. The maximum atomic E-state index is 5.35. The molecule has 1 aromatic carbocycles. The van der Waals surface area contributed by atoms with Crippen LogP contribution >= 0.6 is 15.9 Å². The monoisotopic (exact) mass is 312 g/mol. The van der Waals surface area contributed by atoms with Gasteiger partial charge in [-0.3, -0.25) is 0 Å². The highest BCUT2D eigenvalue weighted by atomic mass is 79.9. The maximum absolute atomic E-state index is 5.35. The van der Waals surface area contributed by atoms with Crippen LogP contribution in [0.5, 0.6) is 17.2 Å². The fourth-order valence-electron chi connectivity index (χ4n) is 1.67. The van der Waals surface area contributed by atoms with Crippen LogP contribution in [-0.2, 0) is 0 Å². The number of halogens is 1. The lowest BCUT2D eigenvalue weighted by Gasteiger charge is -2.13. The first-order chi connectivity index (χ1) is 8.69. The summed E-state index contributed by atoms with van der Waals surface area (Å²) in [5.41, 5.74) is 1.69. The number of aromatic amines is 1. The molecular formula is C12H13BrN2O3. The van der Waals surface area contributed by atoms with Gasteiger partial charge in [0.1, 0.15) is 5.75 Å². The summed E-state index contributed by atoms with van der Waals surface area (Å²) in [6, 6.07) is 3.63. The number of rotatable bonds is 4. The van der Waals surface area contributed by atoms with Crippen LogP contribution in [0, 0.1) is 0 Å². The molecule has 0 spiro atoms. The smallest absolute Gasteiger partial charge is 0.174 e. The van der Waals surface area contributed by atoms with Crippen molar-refractivity contribution < 1.29 is 14.2 Å². The predicted molar refractivity (Wildman–Crippen MR) is 71.4 cm³/mol. The van der Waals surface area contributed by atoms with Crippen molar-refractivity contribution in [2.45, 2.75) is 0 Å². The van der Waals surface area contributed by atoms with Crippen LogP contribution < -0.4 is 14.2 Å². The van der Waals surface area contributed by atoms with Crippen molar-refractivity contribution in [1.29, 1.82) is 0 Å². The summed E-state index contributed by atoms with van der Waals surface area (Å²) in [6.45, 7) is 0. The van der Waals surface area contributed by atoms with E-state index in [1.807, 2.05) is 6.07 Å². The van der Waals surface area contributed by atoms with Crippen LogP contribution in [0.25, 0.3) is 11.3 Å². The third kappa shape index (κ3) is 2.28. The summed E-state index contributed by atoms with van der Waals surface area (Å²) < 4.78 is 16.5. The lowest BCUT2D eigenvalue weighted by molar-refractivity contribution is 0.349. The van der Waals surface area contributed by atoms with Crippen LogP contribution in [-0.4, -0.2) is 31.3 Å². The topological polar surface area (TPSA) is 56.4 Å². The number of hydrogen-bond acceptors (Lipinski definition) is 4. The Morgan fingerprint density at radius 1 is 1.00 bits per heavy atom. The summed E-state index contributed by atoms with van der Waals surface area (Å²) in [4.78, 5) is 7.18. The highest BCUT2D eigenvalue weighted by molar-refractivity contribution is 9.10. The van der Waals surface area contributed by atoms with E-state index < -0.39 is 0 Å². The van der Waals surface area contributed by atoms with E-state index >= 15 is 0 Å². The number of nitrogens with zero attached hydrogens (tertiary/aromatic N) is 1. The van der Waals surface area contributed by atoms with Gasteiger partial charge in [-0.2, -0.15) is 0 Å². The van der Waals surface area contributed by atoms with Gasteiger partial charge in [-0.05, 0) is 22.0 Å². The fraction of sp³-hybridized carbons (Fsp3) is 0.250. The summed E-state index contributed by atoms with van der Waals surface area (Å²) >= 11 is 3.28. The van der Waals surface area contributed by atoms with Crippen LogP contribution in [0.3, 0.4) is 0 Å². The Morgan fingerprint density at radius 2 is 1.61 bits per heavy atom. The van der Waals surface area contributed by atoms with Gasteiger partial charge in [0.05, 0.1) is 33.2 Å². The van der Waals surface area contributed by atoms with E-state index in [2.05, 4.69) is 25.9 Å². The van der Waals surface area contributed by atoms with Crippen molar-refractivity contribution in [1.82, 2.24) is 9.97 Å². The Morgan fingerprint density at radius 3 is 2.11 bits per heavy atom. The molecule has 0 atom stereocenters. The van der Waals surface area contributed by atoms with Crippen molar-refractivity contribution in [3.05, 3.63) is 23.1 Å². The summed E-state index contributed by atoms with van der Waals surface area (Å²) in [6.07, 6.45) is 1.72. The van der Waals surface area contributed by atoms with E-state index in [9.17, 15) is 0 Å². The zero-order chi connectivity index (χ0) is 13.1. The van der Waals surface area contributed by atoms with Gasteiger partial charge in [-0.15, -0.1) is 0 Å². The van der Waals surface area contributed by atoms with Gasteiger partial charge < -0.3 is 19.2 Å². The Bertz CT molecular complexity index is 554. The molecule has 0 aliphatic rings. The molecule has 1 heterocycles. The van der Waals surface area contributed by atoms with E-state index in [-0.39, 0.29) is 0 Å². The number of nitrogens with one attached hydrogen (secondary N) is 1. The van der Waals surface area contributed by atoms with Gasteiger partial charge in [0.25, 0.3) is 0 Å². The highest BCUT2D eigenvalue weighted by Crippen LogP contribution is 2.39. The molecule has 96 valence electrons. The molecule has 2 rings (SSSR count). The molecule has 2 aromatic rings. The van der Waals surface area contributed by atoms with Gasteiger partial charge in [0.15, 0.2) is 16.2 Å². The van der Waals surface area contributed by atoms with E-state index in [4.69, 9.17) is 14.2 Å². The number of aromatic nitrogens is 2. The number of methoxy groups -OCH3 is 3. The Labute approximate surface area is 113 Å². The molecule has 1 aromatic heterocycles. The molecule has 0 amide bonds. The van der Waals surface area contributed by atoms with Crippen molar-refractivity contribution >= 4 is 15.9 Å². The zero-order valence-corrected chi connectivity index (χ0v) is 11.9. The Balaban J connectivity index is 2.58. The van der Waals surface area contributed by atoms with Gasteiger partial charge in [-0.1, -0.05) is 0 Å². The molecule has 5 nitrogen and oxygen atoms in total. The minimum atomic E-state index is 0.622. The molecule has 0 aliphatic carbocycles. The molecule has 0 radical (unpaired) electrons. The van der Waals surface area contributed by atoms with Crippen LogP contribution in [0.1, 0.15) is 0 Å². The lowest BCUT2D eigenvalue weighted by atomic mass is 10.1. The molecule has 0 aliphatic heterocycles. The van der Waals surface area contributed by atoms with Crippen molar-refractivity contribution in [3.63, 3.8) is 0 Å². The standard InChI is InChI=1S/C12H13BrN2O3/c1-16-9-5-11(18-3)10(17-2)4-7(9)8-6-14-12(13)15-8/h4-6H,1-3H3,(H,14,15). The van der Waals surface area contributed by atoms with Crippen molar-refractivity contribution in [2.75, 3.05) is 21.3 Å². The predicted octanol–water partition coefficient (Wildman–Crippen LogP) is 2.87. The number of benzene rings is 1. The average Bonchev–Trinajstić information content (AvgIpc) is 2.83. The first kappa shape index (κ1) is 12.8. The van der Waals surface area contributed by atoms with Gasteiger partial charge >= 0.3 is 0 Å². The van der Waals surface area contributed by atoms with Gasteiger partial charge in [0, 0.05) is 11.6 Å². The lowest BCUT2D eigenvalue weighted by Crippen LogP contribution is -1.94. The minimum absolute atomic E-state index is 0.622. The molecule has 1 N–H and O–H groups in total. The normalized spacial score (nSPS) is 10.2. The quantitative estimate of drug-likeness (QED) is 0.943. The number of ether oxygens (including phenoxy) is 3. The second kappa shape index (κ2) is 5.30. The Hall–Kier alpha value is -1.69. The molecule has 0 unspecified atom stereocenters. The van der Waals surface area contributed by atoms with Gasteiger partial charge in [-0.25, -0.2) is 4.98 Å². The maximum Gasteiger partial charge on any atom is 0.174 e. The number of imidazole rings is 1. The summed E-state index contributed by atoms with van der Waals surface area (Å²) in [5.74, 6) is 1.94. The molecule has 18 heavy (non-hydrogen) atoms. The average molecular weight is 313 g/mol. The first-order valence-electron chi connectivity index (χ1n) is 5.20. The largest absolute Gasteiger partial charge is 0.496 e. The van der Waals surface area contributed by atoms with E-state index in [1.54, 1.807) is 33.6 Å². The van der Waals surface area contributed by atoms with Crippen molar-refractivity contribution in [3.8, 4) is 28.5 Å².